The van der Waals surface area contributed by atoms with Crippen molar-refractivity contribution in [3.8, 4) is 5.75 Å². The largest absolute Gasteiger partial charge is 0.488 e. The Morgan fingerprint density at radius 2 is 1.91 bits per heavy atom. The predicted octanol–water partition coefficient (Wildman–Crippen LogP) is 6.14. The average Bonchev–Trinajstić information content (AvgIpc) is 2.79. The van der Waals surface area contributed by atoms with Crippen molar-refractivity contribution in [2.45, 2.75) is 26.9 Å². The molecule has 0 N–H and O–H groups in total. The molecule has 0 aliphatic carbocycles. The van der Waals surface area contributed by atoms with Gasteiger partial charge in [-0.05, 0) is 48.9 Å². The van der Waals surface area contributed by atoms with Crippen LogP contribution in [-0.4, -0.2) is 15.9 Å². The molecule has 1 aromatic heterocycles. The van der Waals surface area contributed by atoms with Crippen LogP contribution in [0.25, 0.3) is 10.9 Å². The van der Waals surface area contributed by atoms with Crippen molar-refractivity contribution in [2.24, 2.45) is 5.10 Å². The van der Waals surface area contributed by atoms with E-state index in [2.05, 4.69) is 26.0 Å². The number of ether oxygens (including phenoxy) is 1. The van der Waals surface area contributed by atoms with Gasteiger partial charge < -0.3 is 4.74 Å². The number of halogens is 2. The van der Waals surface area contributed by atoms with Crippen molar-refractivity contribution >= 4 is 44.6 Å². The van der Waals surface area contributed by atoms with Gasteiger partial charge in [0.25, 0.3) is 5.56 Å². The number of aryl methyl sites for hydroxylation is 2. The van der Waals surface area contributed by atoms with E-state index in [1.165, 1.54) is 10.2 Å². The van der Waals surface area contributed by atoms with Crippen LogP contribution >= 0.6 is 27.5 Å². The summed E-state index contributed by atoms with van der Waals surface area (Å²) in [6, 6.07) is 18.9. The molecule has 0 saturated heterocycles. The summed E-state index contributed by atoms with van der Waals surface area (Å²) in [7, 11) is 0. The summed E-state index contributed by atoms with van der Waals surface area (Å²) in [5, 5.41) is 5.51. The zero-order valence-electron chi connectivity index (χ0n) is 17.7. The molecule has 0 fully saturated rings. The molecule has 5 nitrogen and oxygen atoms in total. The maximum Gasteiger partial charge on any atom is 0.282 e. The zero-order valence-corrected chi connectivity index (χ0v) is 20.0. The van der Waals surface area contributed by atoms with Crippen LogP contribution in [0.2, 0.25) is 5.02 Å². The Morgan fingerprint density at radius 1 is 1.12 bits per heavy atom. The lowest BCUT2D eigenvalue weighted by atomic mass is 10.1. The third kappa shape index (κ3) is 4.92. The quantitative estimate of drug-likeness (QED) is 0.293. The van der Waals surface area contributed by atoms with Gasteiger partial charge in [-0.25, -0.2) is 4.98 Å². The summed E-state index contributed by atoms with van der Waals surface area (Å²) in [5.74, 6) is 1.20. The van der Waals surface area contributed by atoms with E-state index in [1.54, 1.807) is 30.5 Å². The van der Waals surface area contributed by atoms with Crippen molar-refractivity contribution in [3.05, 3.63) is 103 Å². The van der Waals surface area contributed by atoms with Gasteiger partial charge in [0.1, 0.15) is 18.2 Å². The summed E-state index contributed by atoms with van der Waals surface area (Å²) >= 11 is 9.63. The first kappa shape index (κ1) is 22.2. The van der Waals surface area contributed by atoms with Crippen LogP contribution in [0.5, 0.6) is 5.75 Å². The van der Waals surface area contributed by atoms with Crippen molar-refractivity contribution < 1.29 is 4.74 Å². The lowest BCUT2D eigenvalue weighted by Crippen LogP contribution is -2.22. The van der Waals surface area contributed by atoms with Gasteiger partial charge in [-0.15, -0.1) is 0 Å². The Labute approximate surface area is 199 Å². The topological polar surface area (TPSA) is 56.5 Å². The van der Waals surface area contributed by atoms with Crippen molar-refractivity contribution in [3.63, 3.8) is 0 Å². The highest BCUT2D eigenvalue weighted by Crippen LogP contribution is 2.23. The Hall–Kier alpha value is -2.96. The van der Waals surface area contributed by atoms with Gasteiger partial charge in [0.05, 0.1) is 17.1 Å². The van der Waals surface area contributed by atoms with E-state index < -0.39 is 0 Å². The molecule has 0 amide bonds. The number of hydrogen-bond donors (Lipinski definition) is 0. The summed E-state index contributed by atoms with van der Waals surface area (Å²) < 4.78 is 8.16. The van der Waals surface area contributed by atoms with E-state index in [1.807, 2.05) is 50.2 Å². The SMILES string of the molecule is CCc1nc2ccc(Br)cc2c(=O)n1N=Cc1cc(Cl)ccc1OCc1ccc(C)cc1. The van der Waals surface area contributed by atoms with Crippen LogP contribution in [-0.2, 0) is 13.0 Å². The Bertz CT molecular complexity index is 1360. The van der Waals surface area contributed by atoms with Gasteiger partial charge in [0.15, 0.2) is 0 Å². The Kier molecular flexibility index (Phi) is 6.72. The number of nitrogens with zero attached hydrogens (tertiary/aromatic N) is 3. The van der Waals surface area contributed by atoms with Crippen LogP contribution in [0.1, 0.15) is 29.4 Å². The molecule has 0 unspecified atom stereocenters. The molecular weight excluding hydrogens is 490 g/mol. The number of hydrogen-bond acceptors (Lipinski definition) is 4. The van der Waals surface area contributed by atoms with E-state index in [-0.39, 0.29) is 5.56 Å². The molecule has 4 rings (SSSR count). The van der Waals surface area contributed by atoms with Gasteiger partial charge >= 0.3 is 0 Å². The first-order valence-electron chi connectivity index (χ1n) is 10.2. The molecule has 0 saturated carbocycles. The number of aromatic nitrogens is 2. The number of benzene rings is 3. The van der Waals surface area contributed by atoms with Crippen molar-refractivity contribution in [1.29, 1.82) is 0 Å². The molecule has 0 aliphatic rings. The maximum absolute atomic E-state index is 13.1. The van der Waals surface area contributed by atoms with E-state index >= 15 is 0 Å². The highest BCUT2D eigenvalue weighted by atomic mass is 79.9. The van der Waals surface area contributed by atoms with E-state index in [9.17, 15) is 4.79 Å². The minimum atomic E-state index is -0.228. The molecule has 32 heavy (non-hydrogen) atoms. The van der Waals surface area contributed by atoms with Crippen LogP contribution in [0.3, 0.4) is 0 Å². The predicted molar refractivity (Wildman–Crippen MR) is 133 cm³/mol. The first-order chi connectivity index (χ1) is 15.4. The summed E-state index contributed by atoms with van der Waals surface area (Å²) in [6.07, 6.45) is 2.15. The molecule has 0 atom stereocenters. The summed E-state index contributed by atoms with van der Waals surface area (Å²) in [6.45, 7) is 4.40. The third-order valence-corrected chi connectivity index (χ3v) is 5.72. The highest BCUT2D eigenvalue weighted by molar-refractivity contribution is 9.10. The van der Waals surface area contributed by atoms with E-state index in [4.69, 9.17) is 16.3 Å². The van der Waals surface area contributed by atoms with Crippen molar-refractivity contribution in [1.82, 2.24) is 9.66 Å². The molecule has 1 heterocycles. The van der Waals surface area contributed by atoms with Gasteiger partial charge in [-0.2, -0.15) is 9.78 Å². The fourth-order valence-corrected chi connectivity index (χ4v) is 3.80. The standard InChI is InChI=1S/C25H21BrClN3O2/c1-3-24-29-22-10-8-19(26)13-21(22)25(31)30(24)28-14-18-12-20(27)9-11-23(18)32-15-17-6-4-16(2)5-7-17/h4-14H,3,15H2,1-2H3. The molecule has 7 heteroatoms. The van der Waals surface area contributed by atoms with Gasteiger partial charge in [-0.1, -0.05) is 64.3 Å². The molecule has 4 aromatic rings. The van der Waals surface area contributed by atoms with Crippen LogP contribution in [0.15, 0.2) is 75.0 Å². The fourth-order valence-electron chi connectivity index (χ4n) is 3.26. The average molecular weight is 511 g/mol. The maximum atomic E-state index is 13.1. The lowest BCUT2D eigenvalue weighted by molar-refractivity contribution is 0.306. The third-order valence-electron chi connectivity index (χ3n) is 4.99. The molecule has 0 bridgehead atoms. The van der Waals surface area contributed by atoms with Gasteiger partial charge in [0, 0.05) is 21.5 Å². The molecule has 0 radical (unpaired) electrons. The monoisotopic (exact) mass is 509 g/mol. The highest BCUT2D eigenvalue weighted by Gasteiger charge is 2.10. The summed E-state index contributed by atoms with van der Waals surface area (Å²) in [4.78, 5) is 17.7. The van der Waals surface area contributed by atoms with E-state index in [0.717, 1.165) is 10.0 Å². The molecule has 3 aromatic carbocycles. The second kappa shape index (κ2) is 9.67. The fraction of sp³-hybridized carbons (Fsp3) is 0.160. The number of fused-ring (bicyclic) bond motifs is 1. The lowest BCUT2D eigenvalue weighted by Gasteiger charge is -2.11. The zero-order chi connectivity index (χ0) is 22.7. The minimum Gasteiger partial charge on any atom is -0.488 e. The van der Waals surface area contributed by atoms with Gasteiger partial charge in [0.2, 0.25) is 0 Å². The summed E-state index contributed by atoms with van der Waals surface area (Å²) in [5.41, 5.74) is 3.34. The molecular formula is C25H21BrClN3O2. The van der Waals surface area contributed by atoms with Crippen LogP contribution in [0.4, 0.5) is 0 Å². The van der Waals surface area contributed by atoms with Crippen LogP contribution < -0.4 is 10.3 Å². The second-order valence-electron chi connectivity index (χ2n) is 7.36. The number of rotatable bonds is 6. The molecule has 0 aliphatic heterocycles. The smallest absolute Gasteiger partial charge is 0.282 e. The normalized spacial score (nSPS) is 11.4. The second-order valence-corrected chi connectivity index (χ2v) is 8.71. The first-order valence-corrected chi connectivity index (χ1v) is 11.3. The minimum absolute atomic E-state index is 0.228. The van der Waals surface area contributed by atoms with Crippen molar-refractivity contribution in [2.75, 3.05) is 0 Å². The Morgan fingerprint density at radius 3 is 2.66 bits per heavy atom. The van der Waals surface area contributed by atoms with Gasteiger partial charge in [-0.3, -0.25) is 4.79 Å². The van der Waals surface area contributed by atoms with Crippen LogP contribution in [0, 0.1) is 6.92 Å². The molecule has 0 spiro atoms. The van der Waals surface area contributed by atoms with E-state index in [0.29, 0.717) is 46.1 Å². The Balaban J connectivity index is 1.69. The molecule has 162 valence electrons.